The van der Waals surface area contributed by atoms with Crippen molar-refractivity contribution in [3.63, 3.8) is 0 Å². The van der Waals surface area contributed by atoms with Crippen LogP contribution in [0, 0.1) is 21.7 Å². The molecule has 5 heteroatoms. The maximum Gasteiger partial charge on any atom is 0.137 e. The molecule has 2 aliphatic carbocycles. The third kappa shape index (κ3) is 9.12. The summed E-state index contributed by atoms with van der Waals surface area (Å²) in [7, 11) is 0. The van der Waals surface area contributed by atoms with E-state index in [0.29, 0.717) is 6.67 Å². The highest BCUT2D eigenvalue weighted by Gasteiger charge is 2.54. The third-order valence-corrected chi connectivity index (χ3v) is 17.6. The van der Waals surface area contributed by atoms with Crippen LogP contribution in [0.1, 0.15) is 143 Å². The molecule has 392 valence electrons. The Morgan fingerprint density at radius 3 is 1.53 bits per heavy atom. The molecule has 2 aromatic heterocycles. The monoisotopic (exact) mass is 1010 g/mol. The fraction of sp³-hybridized carbons (Fsp3) is 0.347. The first-order valence-electron chi connectivity index (χ1n) is 28.3. The van der Waals surface area contributed by atoms with Gasteiger partial charge >= 0.3 is 0 Å². The quantitative estimate of drug-likeness (QED) is 0.144. The second kappa shape index (κ2) is 18.3. The molecule has 0 unspecified atom stereocenters. The number of fused-ring (bicyclic) bond motifs is 4. The summed E-state index contributed by atoms with van der Waals surface area (Å²) in [6, 6.07) is 68.1. The van der Waals surface area contributed by atoms with Crippen molar-refractivity contribution in [3.8, 4) is 17.3 Å². The molecule has 0 atom stereocenters. The molecular formula is C72H78N4O. The number of anilines is 4. The van der Waals surface area contributed by atoms with Crippen LogP contribution in [0.5, 0.6) is 11.5 Å². The van der Waals surface area contributed by atoms with Gasteiger partial charge in [-0.3, -0.25) is 4.57 Å². The lowest BCUT2D eigenvalue weighted by Gasteiger charge is -2.56. The molecule has 7 aromatic carbocycles. The lowest BCUT2D eigenvalue weighted by Crippen LogP contribution is -2.47. The summed E-state index contributed by atoms with van der Waals surface area (Å²) in [6.07, 6.45) is 8.54. The van der Waals surface area contributed by atoms with Crippen LogP contribution in [0.25, 0.3) is 27.6 Å². The number of benzene rings is 7. The lowest BCUT2D eigenvalue weighted by atomic mass is 9.49. The van der Waals surface area contributed by atoms with Gasteiger partial charge in [0.05, 0.1) is 28.1 Å². The van der Waals surface area contributed by atoms with Gasteiger partial charge in [0.1, 0.15) is 24.0 Å². The summed E-state index contributed by atoms with van der Waals surface area (Å²) in [5.41, 5.74) is 13.9. The molecule has 3 heterocycles. The van der Waals surface area contributed by atoms with Gasteiger partial charge in [-0.1, -0.05) is 191 Å². The van der Waals surface area contributed by atoms with E-state index in [-0.39, 0.29) is 37.9 Å². The fourth-order valence-corrected chi connectivity index (χ4v) is 16.2. The van der Waals surface area contributed by atoms with Crippen LogP contribution in [0.15, 0.2) is 188 Å². The molecule has 2 fully saturated rings. The number of para-hydroxylation sites is 4. The van der Waals surface area contributed by atoms with Crippen LogP contribution in [0.3, 0.4) is 0 Å². The zero-order valence-corrected chi connectivity index (χ0v) is 47.5. The Morgan fingerprint density at radius 1 is 0.442 bits per heavy atom. The predicted octanol–water partition coefficient (Wildman–Crippen LogP) is 19.6. The van der Waals surface area contributed by atoms with Gasteiger partial charge in [-0.25, -0.2) is 4.98 Å². The maximum absolute atomic E-state index is 6.98. The number of rotatable bonds is 9. The Bertz CT molecular complexity index is 3530. The second-order valence-electron chi connectivity index (χ2n) is 27.6. The van der Waals surface area contributed by atoms with Crippen LogP contribution in [0.4, 0.5) is 22.7 Å². The van der Waals surface area contributed by atoms with E-state index in [9.17, 15) is 0 Å². The summed E-state index contributed by atoms with van der Waals surface area (Å²) in [5, 5.41) is 2.36. The minimum atomic E-state index is -0.260. The molecule has 5 nitrogen and oxygen atoms in total. The maximum atomic E-state index is 6.98. The van der Waals surface area contributed by atoms with Crippen LogP contribution >= 0.6 is 0 Å². The van der Waals surface area contributed by atoms with Crippen molar-refractivity contribution >= 4 is 44.6 Å². The number of pyridine rings is 1. The van der Waals surface area contributed by atoms with E-state index in [2.05, 4.69) is 273 Å². The van der Waals surface area contributed by atoms with E-state index in [1.807, 2.05) is 6.20 Å². The van der Waals surface area contributed by atoms with Crippen LogP contribution < -0.4 is 14.5 Å². The Hall–Kier alpha value is -7.11. The minimum absolute atomic E-state index is 0.0173. The third-order valence-electron chi connectivity index (χ3n) is 17.6. The summed E-state index contributed by atoms with van der Waals surface area (Å²) in [6.45, 7) is 27.6. The van der Waals surface area contributed by atoms with E-state index < -0.39 is 0 Å². The van der Waals surface area contributed by atoms with Crippen molar-refractivity contribution in [1.82, 2.24) is 9.55 Å². The molecule has 0 saturated heterocycles. The number of hydrogen-bond donors (Lipinski definition) is 0. The van der Waals surface area contributed by atoms with Gasteiger partial charge in [0, 0.05) is 45.6 Å². The molecule has 0 bridgehead atoms. The SMILES string of the molecule is CC1(C)CC(C)(C)CC(c2ccccc2)(c2cccc(C3(c4ccccc4)CC(C)(C)CC(C)(C)C3)c2N2CN(c3cccc(Oc4ccc5c6ccccc6n(-c6cc(C(C)(C)C)ccn6)c5c4)c3)c3ccccc32)C1. The molecule has 0 radical (unpaired) electrons. The highest BCUT2D eigenvalue weighted by Crippen LogP contribution is 2.64. The molecule has 9 aromatic rings. The van der Waals surface area contributed by atoms with Crippen molar-refractivity contribution < 1.29 is 4.74 Å². The van der Waals surface area contributed by atoms with Crippen LogP contribution in [-0.4, -0.2) is 16.2 Å². The van der Waals surface area contributed by atoms with E-state index in [0.717, 1.165) is 59.7 Å². The Labute approximate surface area is 459 Å². The van der Waals surface area contributed by atoms with Crippen molar-refractivity contribution in [2.45, 2.75) is 131 Å². The summed E-state index contributed by atoms with van der Waals surface area (Å²) in [5.74, 6) is 2.47. The number of nitrogens with zero attached hydrogens (tertiary/aromatic N) is 4. The molecule has 12 rings (SSSR count). The van der Waals surface area contributed by atoms with Crippen molar-refractivity contribution in [1.29, 1.82) is 0 Å². The topological polar surface area (TPSA) is 33.5 Å². The van der Waals surface area contributed by atoms with Gasteiger partial charge in [-0.05, 0) is 148 Å². The van der Waals surface area contributed by atoms with Gasteiger partial charge in [0.25, 0.3) is 0 Å². The lowest BCUT2D eigenvalue weighted by molar-refractivity contribution is 0.0606. The molecule has 2 saturated carbocycles. The van der Waals surface area contributed by atoms with Gasteiger partial charge in [-0.15, -0.1) is 0 Å². The van der Waals surface area contributed by atoms with Gasteiger partial charge in [0.15, 0.2) is 0 Å². The number of aromatic nitrogens is 2. The number of hydrogen-bond acceptors (Lipinski definition) is 4. The molecule has 1 aliphatic heterocycles. The minimum Gasteiger partial charge on any atom is -0.457 e. The van der Waals surface area contributed by atoms with Crippen LogP contribution in [-0.2, 0) is 16.2 Å². The average Bonchev–Trinajstić information content (AvgIpc) is 3.95. The first-order chi connectivity index (χ1) is 36.6. The van der Waals surface area contributed by atoms with E-state index in [1.165, 1.54) is 68.5 Å². The van der Waals surface area contributed by atoms with Crippen LogP contribution in [0.2, 0.25) is 0 Å². The first-order valence-corrected chi connectivity index (χ1v) is 28.3. The van der Waals surface area contributed by atoms with Crippen molar-refractivity contribution in [2.24, 2.45) is 21.7 Å². The number of ether oxygens (including phenoxy) is 1. The second-order valence-corrected chi connectivity index (χ2v) is 27.6. The highest BCUT2D eigenvalue weighted by atomic mass is 16.5. The standard InChI is InChI=1S/C72H78N4O/c1-66(2,3)52-38-39-73-64(40-52)76-60-33-19-18-30-56(60)57-37-36-55(42-63(57)76)77-54-29-22-28-53(41-54)74-49-75(62-35-21-20-34-61(62)74)65-58(71(50-24-14-12-15-25-50)45-67(4,5)43-68(6,7)46-71)31-23-32-59(65)72(51-26-16-13-17-27-51)47-69(8,9)44-70(10,11)48-72/h12-42H,43-49H2,1-11H3. The molecule has 3 aliphatic rings. The van der Waals surface area contributed by atoms with Crippen molar-refractivity contribution in [2.75, 3.05) is 16.5 Å². The first kappa shape index (κ1) is 50.7. The normalized spacial score (nSPS) is 19.1. The zero-order valence-electron chi connectivity index (χ0n) is 47.5. The molecule has 0 N–H and O–H groups in total. The molecular weight excluding hydrogens is 937 g/mol. The van der Waals surface area contributed by atoms with E-state index in [1.54, 1.807) is 0 Å². The average molecular weight is 1020 g/mol. The molecule has 0 amide bonds. The largest absolute Gasteiger partial charge is 0.457 e. The zero-order chi connectivity index (χ0) is 53.8. The fourth-order valence-electron chi connectivity index (χ4n) is 16.2. The smallest absolute Gasteiger partial charge is 0.137 e. The highest BCUT2D eigenvalue weighted by molar-refractivity contribution is 6.09. The van der Waals surface area contributed by atoms with Gasteiger partial charge in [-0.2, -0.15) is 0 Å². The summed E-state index contributed by atoms with van der Waals surface area (Å²) < 4.78 is 9.27. The van der Waals surface area contributed by atoms with Gasteiger partial charge in [0.2, 0.25) is 0 Å². The summed E-state index contributed by atoms with van der Waals surface area (Å²) >= 11 is 0. The Kier molecular flexibility index (Phi) is 12.0. The summed E-state index contributed by atoms with van der Waals surface area (Å²) in [4.78, 5) is 10.2. The van der Waals surface area contributed by atoms with E-state index >= 15 is 0 Å². The molecule has 0 spiro atoms. The Balaban J connectivity index is 1.02. The predicted molar refractivity (Wildman–Crippen MR) is 323 cm³/mol. The van der Waals surface area contributed by atoms with E-state index in [4.69, 9.17) is 9.72 Å². The molecule has 77 heavy (non-hydrogen) atoms. The Morgan fingerprint density at radius 2 is 0.948 bits per heavy atom. The van der Waals surface area contributed by atoms with Crippen molar-refractivity contribution in [3.05, 3.63) is 216 Å². The van der Waals surface area contributed by atoms with Gasteiger partial charge < -0.3 is 14.5 Å².